The third-order valence-electron chi connectivity index (χ3n) is 1.65. The van der Waals surface area contributed by atoms with Gasteiger partial charge < -0.3 is 14.2 Å². The van der Waals surface area contributed by atoms with Crippen molar-refractivity contribution in [2.45, 2.75) is 11.6 Å². The van der Waals surface area contributed by atoms with Crippen LogP contribution in [0.25, 0.3) is 0 Å². The molecule has 0 bridgehead atoms. The highest BCUT2D eigenvalue weighted by Gasteiger charge is 2.36. The zero-order valence-corrected chi connectivity index (χ0v) is 9.66. The zero-order valence-electron chi connectivity index (χ0n) is 7.66. The van der Waals surface area contributed by atoms with Crippen molar-refractivity contribution in [3.63, 3.8) is 0 Å². The summed E-state index contributed by atoms with van der Waals surface area (Å²) in [5.41, 5.74) is -0.339. The maximum absolute atomic E-state index is 10.1. The predicted molar refractivity (Wildman–Crippen MR) is 45.6 cm³/mol. The van der Waals surface area contributed by atoms with E-state index in [0.29, 0.717) is 10.2 Å². The van der Waals surface area contributed by atoms with Crippen LogP contribution in [0.1, 0.15) is 0 Å². The SMILES string of the molecule is COC([SiH3])C(N=C=O)(OC)OC. The predicted octanol–water partition coefficient (Wildman–Crippen LogP) is -1.39. The minimum atomic E-state index is -1.32. The van der Waals surface area contributed by atoms with Gasteiger partial charge in [0.05, 0.1) is 0 Å². The van der Waals surface area contributed by atoms with Gasteiger partial charge in [-0.25, -0.2) is 4.79 Å². The van der Waals surface area contributed by atoms with Gasteiger partial charge in [-0.05, 0) is 0 Å². The van der Waals surface area contributed by atoms with Gasteiger partial charge in [-0.3, -0.25) is 0 Å². The smallest absolute Gasteiger partial charge is 0.302 e. The first-order valence-corrected chi connectivity index (χ1v) is 4.54. The molecule has 0 aliphatic rings. The first-order valence-electron chi connectivity index (χ1n) is 3.39. The van der Waals surface area contributed by atoms with Crippen LogP contribution in [0.5, 0.6) is 0 Å². The number of aliphatic imine (C=N–C) groups is 1. The first-order chi connectivity index (χ1) is 5.66. The van der Waals surface area contributed by atoms with Crippen molar-refractivity contribution in [2.24, 2.45) is 4.99 Å². The first kappa shape index (κ1) is 11.5. The molecule has 0 N–H and O–H groups in total. The standard InChI is InChI=1S/C6H13NO4Si/c1-9-5(12)6(10-2,11-3)7-4-8/h5H,1-3,12H3. The molecule has 0 spiro atoms. The molecule has 0 amide bonds. The molecule has 0 fully saturated rings. The number of hydrogen-bond donors (Lipinski definition) is 0. The third-order valence-corrected chi connectivity index (χ3v) is 2.85. The van der Waals surface area contributed by atoms with Gasteiger partial charge in [-0.15, -0.1) is 4.99 Å². The van der Waals surface area contributed by atoms with Crippen molar-refractivity contribution in [3.05, 3.63) is 0 Å². The van der Waals surface area contributed by atoms with Gasteiger partial charge in [0.15, 0.2) is 0 Å². The Morgan fingerprint density at radius 3 is 2.17 bits per heavy atom. The van der Waals surface area contributed by atoms with Crippen LogP contribution in [-0.2, 0) is 19.0 Å². The maximum atomic E-state index is 10.1. The van der Waals surface area contributed by atoms with E-state index in [4.69, 9.17) is 14.2 Å². The highest BCUT2D eigenvalue weighted by atomic mass is 28.1. The minimum Gasteiger partial charge on any atom is -0.378 e. The highest BCUT2D eigenvalue weighted by Crippen LogP contribution is 2.17. The van der Waals surface area contributed by atoms with Gasteiger partial charge in [0, 0.05) is 31.6 Å². The number of carbonyl (C=O) groups excluding carboxylic acids is 1. The molecule has 5 nitrogen and oxygen atoms in total. The molecule has 0 heterocycles. The molecule has 0 radical (unpaired) electrons. The van der Waals surface area contributed by atoms with Gasteiger partial charge in [-0.2, -0.15) is 0 Å². The van der Waals surface area contributed by atoms with Gasteiger partial charge in [0.25, 0.3) is 0 Å². The molecule has 0 rings (SSSR count). The van der Waals surface area contributed by atoms with Crippen molar-refractivity contribution in [1.82, 2.24) is 0 Å². The Morgan fingerprint density at radius 1 is 1.42 bits per heavy atom. The van der Waals surface area contributed by atoms with Crippen molar-refractivity contribution < 1.29 is 19.0 Å². The summed E-state index contributed by atoms with van der Waals surface area (Å²) in [7, 11) is 4.93. The molecule has 0 aromatic carbocycles. The van der Waals surface area contributed by atoms with Crippen molar-refractivity contribution in [1.29, 1.82) is 0 Å². The lowest BCUT2D eigenvalue weighted by atomic mass is 10.5. The van der Waals surface area contributed by atoms with E-state index in [2.05, 4.69) is 4.99 Å². The van der Waals surface area contributed by atoms with Crippen LogP contribution in [-0.4, -0.2) is 49.3 Å². The summed E-state index contributed by atoms with van der Waals surface area (Å²) < 4.78 is 14.9. The largest absolute Gasteiger partial charge is 0.378 e. The molecule has 0 aromatic heterocycles. The molecule has 0 saturated heterocycles. The van der Waals surface area contributed by atoms with Crippen molar-refractivity contribution in [2.75, 3.05) is 21.3 Å². The minimum absolute atomic E-state index is 0.339. The van der Waals surface area contributed by atoms with Crippen molar-refractivity contribution in [3.8, 4) is 0 Å². The van der Waals surface area contributed by atoms with Gasteiger partial charge in [-0.1, -0.05) is 0 Å². The Hall–Kier alpha value is -0.523. The lowest BCUT2D eigenvalue weighted by Crippen LogP contribution is -2.45. The summed E-state index contributed by atoms with van der Waals surface area (Å²) in [5.74, 6) is -1.32. The molecule has 0 aliphatic carbocycles. The second-order valence-corrected chi connectivity index (χ2v) is 3.17. The second-order valence-electron chi connectivity index (χ2n) is 2.12. The molecule has 70 valence electrons. The third kappa shape index (κ3) is 2.23. The van der Waals surface area contributed by atoms with Crippen LogP contribution < -0.4 is 0 Å². The Bertz CT molecular complexity index is 176. The molecule has 0 saturated carbocycles. The van der Waals surface area contributed by atoms with Crippen LogP contribution >= 0.6 is 0 Å². The van der Waals surface area contributed by atoms with Crippen LogP contribution in [0.15, 0.2) is 4.99 Å². The maximum Gasteiger partial charge on any atom is 0.302 e. The summed E-state index contributed by atoms with van der Waals surface area (Å²) in [5, 5.41) is 0. The lowest BCUT2D eigenvalue weighted by molar-refractivity contribution is -0.238. The summed E-state index contributed by atoms with van der Waals surface area (Å²) in [4.78, 5) is 13.5. The normalized spacial score (nSPS) is 13.9. The van der Waals surface area contributed by atoms with Gasteiger partial charge in [0.2, 0.25) is 6.08 Å². The van der Waals surface area contributed by atoms with E-state index in [1.807, 2.05) is 0 Å². The lowest BCUT2D eigenvalue weighted by Gasteiger charge is -2.29. The fraction of sp³-hybridized carbons (Fsp3) is 0.833. The quantitative estimate of drug-likeness (QED) is 0.232. The molecule has 6 heteroatoms. The number of isocyanates is 1. The average molecular weight is 191 g/mol. The second kappa shape index (κ2) is 5.18. The molecule has 12 heavy (non-hydrogen) atoms. The van der Waals surface area contributed by atoms with E-state index in [1.165, 1.54) is 27.4 Å². The average Bonchev–Trinajstić information content (AvgIpc) is 2.13. The van der Waals surface area contributed by atoms with E-state index in [0.717, 1.165) is 0 Å². The van der Waals surface area contributed by atoms with Crippen LogP contribution in [0, 0.1) is 0 Å². The fourth-order valence-electron chi connectivity index (χ4n) is 0.810. The summed E-state index contributed by atoms with van der Waals surface area (Å²) in [6.45, 7) is 0. The highest BCUT2D eigenvalue weighted by molar-refractivity contribution is 6.11. The van der Waals surface area contributed by atoms with E-state index < -0.39 is 5.91 Å². The fourth-order valence-corrected chi connectivity index (χ4v) is 1.41. The Balaban J connectivity index is 4.67. The van der Waals surface area contributed by atoms with Crippen molar-refractivity contribution >= 4 is 16.3 Å². The zero-order chi connectivity index (χ0) is 9.61. The molecular formula is C6H13NO4Si. The van der Waals surface area contributed by atoms with Gasteiger partial charge in [0.1, 0.15) is 5.73 Å². The van der Waals surface area contributed by atoms with Crippen LogP contribution in [0.4, 0.5) is 0 Å². The summed E-state index contributed by atoms with van der Waals surface area (Å²) in [6.07, 6.45) is 1.39. The number of methoxy groups -OCH3 is 3. The monoisotopic (exact) mass is 191 g/mol. The van der Waals surface area contributed by atoms with E-state index in [1.54, 1.807) is 0 Å². The number of rotatable bonds is 5. The van der Waals surface area contributed by atoms with Crippen LogP contribution in [0.3, 0.4) is 0 Å². The Morgan fingerprint density at radius 2 is 1.92 bits per heavy atom. The topological polar surface area (TPSA) is 57.1 Å². The Labute approximate surface area is 74.1 Å². The Kier molecular flexibility index (Phi) is 4.95. The van der Waals surface area contributed by atoms with Crippen LogP contribution in [0.2, 0.25) is 0 Å². The summed E-state index contributed by atoms with van der Waals surface area (Å²) in [6, 6.07) is 0. The van der Waals surface area contributed by atoms with E-state index in [9.17, 15) is 4.79 Å². The molecule has 1 unspecified atom stereocenters. The van der Waals surface area contributed by atoms with Gasteiger partial charge >= 0.3 is 5.91 Å². The molecule has 0 aliphatic heterocycles. The number of nitrogens with zero attached hydrogens (tertiary/aromatic N) is 1. The molecular weight excluding hydrogens is 178 g/mol. The number of ether oxygens (including phenoxy) is 3. The van der Waals surface area contributed by atoms with E-state index >= 15 is 0 Å². The van der Waals surface area contributed by atoms with E-state index in [-0.39, 0.29) is 5.73 Å². The summed E-state index contributed by atoms with van der Waals surface area (Å²) >= 11 is 0. The number of hydrogen-bond acceptors (Lipinski definition) is 5. The molecule has 1 atom stereocenters. The molecule has 0 aromatic rings.